The van der Waals surface area contributed by atoms with Gasteiger partial charge in [0.15, 0.2) is 5.96 Å². The maximum Gasteiger partial charge on any atom is 0.223 e. The molecule has 0 aliphatic heterocycles. The third-order valence-electron chi connectivity index (χ3n) is 1.87. The van der Waals surface area contributed by atoms with Gasteiger partial charge in [-0.15, -0.1) is 0 Å². The van der Waals surface area contributed by atoms with Gasteiger partial charge in [-0.2, -0.15) is 4.99 Å². The average molecular weight is 221 g/mol. The van der Waals surface area contributed by atoms with Crippen molar-refractivity contribution in [1.29, 1.82) is 0 Å². The van der Waals surface area contributed by atoms with E-state index in [2.05, 4.69) is 9.98 Å². The van der Waals surface area contributed by atoms with Crippen LogP contribution in [-0.4, -0.2) is 17.0 Å². The molecule has 0 saturated carbocycles. The zero-order valence-electron chi connectivity index (χ0n) is 8.96. The second kappa shape index (κ2) is 5.13. The number of aliphatic imine (C=N–C) groups is 2. The van der Waals surface area contributed by atoms with Gasteiger partial charge in [-0.1, -0.05) is 18.2 Å². The van der Waals surface area contributed by atoms with E-state index in [1.54, 1.807) is 31.2 Å². The SMILES string of the molecule is CC(O)c1ccccc1N=C(N)N=C(N)N. The van der Waals surface area contributed by atoms with Gasteiger partial charge in [-0.3, -0.25) is 0 Å². The van der Waals surface area contributed by atoms with Gasteiger partial charge in [-0.25, -0.2) is 4.99 Å². The first-order chi connectivity index (χ1) is 7.50. The molecule has 0 bridgehead atoms. The number of hydrogen-bond acceptors (Lipinski definition) is 2. The highest BCUT2D eigenvalue weighted by Crippen LogP contribution is 2.24. The highest BCUT2D eigenvalue weighted by molar-refractivity contribution is 5.93. The number of benzene rings is 1. The van der Waals surface area contributed by atoms with Gasteiger partial charge >= 0.3 is 0 Å². The van der Waals surface area contributed by atoms with Crippen LogP contribution in [0.2, 0.25) is 0 Å². The molecule has 0 spiro atoms. The Hall–Kier alpha value is -2.08. The molecule has 0 saturated heterocycles. The molecular formula is C10H15N5O. The van der Waals surface area contributed by atoms with Gasteiger partial charge in [0, 0.05) is 5.56 Å². The molecule has 0 heterocycles. The number of aliphatic hydroxyl groups is 1. The van der Waals surface area contributed by atoms with Crippen LogP contribution in [0.4, 0.5) is 5.69 Å². The van der Waals surface area contributed by atoms with Gasteiger partial charge in [-0.05, 0) is 13.0 Å². The van der Waals surface area contributed by atoms with E-state index in [0.29, 0.717) is 11.3 Å². The van der Waals surface area contributed by atoms with Crippen LogP contribution in [0.3, 0.4) is 0 Å². The molecule has 7 N–H and O–H groups in total. The van der Waals surface area contributed by atoms with Crippen LogP contribution in [0.15, 0.2) is 34.3 Å². The Bertz CT molecular complexity index is 421. The summed E-state index contributed by atoms with van der Waals surface area (Å²) in [6.07, 6.45) is -0.632. The van der Waals surface area contributed by atoms with Crippen LogP contribution in [0.25, 0.3) is 0 Å². The summed E-state index contributed by atoms with van der Waals surface area (Å²) in [6.45, 7) is 1.64. The number of hydrogen-bond donors (Lipinski definition) is 4. The lowest BCUT2D eigenvalue weighted by Gasteiger charge is -2.07. The second-order valence-electron chi connectivity index (χ2n) is 3.24. The van der Waals surface area contributed by atoms with Gasteiger partial charge < -0.3 is 22.3 Å². The Balaban J connectivity index is 3.10. The Morgan fingerprint density at radius 2 is 1.88 bits per heavy atom. The minimum atomic E-state index is -0.632. The van der Waals surface area contributed by atoms with Crippen molar-refractivity contribution in [3.8, 4) is 0 Å². The molecule has 0 amide bonds. The predicted molar refractivity (Wildman–Crippen MR) is 64.2 cm³/mol. The standard InChI is InChI=1S/C10H15N5O/c1-6(16)7-4-2-3-5-8(7)14-10(13)15-9(11)12/h2-6,16H,1H3,(H6,11,12,13,14,15). The van der Waals surface area contributed by atoms with Crippen LogP contribution in [0.1, 0.15) is 18.6 Å². The average Bonchev–Trinajstić information content (AvgIpc) is 2.16. The number of nitrogens with zero attached hydrogens (tertiary/aromatic N) is 2. The largest absolute Gasteiger partial charge is 0.389 e. The summed E-state index contributed by atoms with van der Waals surface area (Å²) >= 11 is 0. The molecule has 6 heteroatoms. The molecule has 0 fully saturated rings. The molecule has 0 aromatic heterocycles. The van der Waals surface area contributed by atoms with Crippen LogP contribution in [-0.2, 0) is 0 Å². The van der Waals surface area contributed by atoms with Crippen molar-refractivity contribution in [1.82, 2.24) is 0 Å². The Kier molecular flexibility index (Phi) is 3.84. The van der Waals surface area contributed by atoms with Crippen molar-refractivity contribution >= 4 is 17.6 Å². The van der Waals surface area contributed by atoms with Crippen LogP contribution >= 0.6 is 0 Å². The Labute approximate surface area is 93.5 Å². The molecule has 1 unspecified atom stereocenters. The first-order valence-corrected chi connectivity index (χ1v) is 4.71. The number of para-hydroxylation sites is 1. The molecule has 0 radical (unpaired) electrons. The van der Waals surface area contributed by atoms with Crippen molar-refractivity contribution in [3.05, 3.63) is 29.8 Å². The summed E-state index contributed by atoms with van der Waals surface area (Å²) in [6, 6.07) is 7.06. The van der Waals surface area contributed by atoms with Crippen molar-refractivity contribution < 1.29 is 5.11 Å². The van der Waals surface area contributed by atoms with E-state index in [4.69, 9.17) is 17.2 Å². The van der Waals surface area contributed by atoms with E-state index >= 15 is 0 Å². The fraction of sp³-hybridized carbons (Fsp3) is 0.200. The summed E-state index contributed by atoms with van der Waals surface area (Å²) in [4.78, 5) is 7.60. The zero-order valence-corrected chi connectivity index (χ0v) is 8.96. The number of nitrogens with two attached hydrogens (primary N) is 3. The Morgan fingerprint density at radius 3 is 2.44 bits per heavy atom. The molecule has 1 rings (SSSR count). The third kappa shape index (κ3) is 3.25. The first-order valence-electron chi connectivity index (χ1n) is 4.71. The van der Waals surface area contributed by atoms with Crippen molar-refractivity contribution in [2.45, 2.75) is 13.0 Å². The zero-order chi connectivity index (χ0) is 12.1. The highest BCUT2D eigenvalue weighted by atomic mass is 16.3. The van der Waals surface area contributed by atoms with Crippen molar-refractivity contribution in [2.24, 2.45) is 27.2 Å². The molecule has 86 valence electrons. The van der Waals surface area contributed by atoms with E-state index in [1.165, 1.54) is 0 Å². The highest BCUT2D eigenvalue weighted by Gasteiger charge is 2.06. The van der Waals surface area contributed by atoms with Crippen molar-refractivity contribution in [3.63, 3.8) is 0 Å². The van der Waals surface area contributed by atoms with Gasteiger partial charge in [0.1, 0.15) is 0 Å². The van der Waals surface area contributed by atoms with Crippen LogP contribution in [0, 0.1) is 0 Å². The summed E-state index contributed by atoms with van der Waals surface area (Å²) in [5.41, 5.74) is 17.0. The van der Waals surface area contributed by atoms with E-state index < -0.39 is 6.10 Å². The number of rotatable bonds is 2. The minimum absolute atomic E-state index is 0.0481. The summed E-state index contributed by atoms with van der Waals surface area (Å²) < 4.78 is 0. The summed E-state index contributed by atoms with van der Waals surface area (Å²) in [5.74, 6) is -0.205. The molecule has 1 aromatic rings. The first kappa shape index (κ1) is 12.0. The normalized spacial score (nSPS) is 13.2. The molecular weight excluding hydrogens is 206 g/mol. The molecule has 16 heavy (non-hydrogen) atoms. The lowest BCUT2D eigenvalue weighted by atomic mass is 10.1. The molecule has 1 aromatic carbocycles. The molecule has 6 nitrogen and oxygen atoms in total. The van der Waals surface area contributed by atoms with Crippen molar-refractivity contribution in [2.75, 3.05) is 0 Å². The Morgan fingerprint density at radius 1 is 1.25 bits per heavy atom. The summed E-state index contributed by atoms with van der Waals surface area (Å²) in [5, 5.41) is 9.50. The maximum absolute atomic E-state index is 9.50. The van der Waals surface area contributed by atoms with E-state index in [0.717, 1.165) is 0 Å². The van der Waals surface area contributed by atoms with E-state index in [9.17, 15) is 5.11 Å². The lowest BCUT2D eigenvalue weighted by molar-refractivity contribution is 0.200. The summed E-state index contributed by atoms with van der Waals surface area (Å²) in [7, 11) is 0. The van der Waals surface area contributed by atoms with Crippen LogP contribution < -0.4 is 17.2 Å². The minimum Gasteiger partial charge on any atom is -0.389 e. The monoisotopic (exact) mass is 221 g/mol. The van der Waals surface area contributed by atoms with E-state index in [-0.39, 0.29) is 11.9 Å². The third-order valence-corrected chi connectivity index (χ3v) is 1.87. The quantitative estimate of drug-likeness (QED) is 0.413. The van der Waals surface area contributed by atoms with Crippen LogP contribution in [0.5, 0.6) is 0 Å². The molecule has 0 aliphatic rings. The van der Waals surface area contributed by atoms with Gasteiger partial charge in [0.25, 0.3) is 0 Å². The topological polar surface area (TPSA) is 123 Å². The van der Waals surface area contributed by atoms with Gasteiger partial charge in [0.2, 0.25) is 5.96 Å². The second-order valence-corrected chi connectivity index (χ2v) is 3.24. The van der Waals surface area contributed by atoms with E-state index in [1.807, 2.05) is 0 Å². The maximum atomic E-state index is 9.50. The smallest absolute Gasteiger partial charge is 0.223 e. The number of aliphatic hydroxyl groups excluding tert-OH is 1. The molecule has 1 atom stereocenters. The fourth-order valence-electron chi connectivity index (χ4n) is 1.22. The molecule has 0 aliphatic carbocycles. The fourth-order valence-corrected chi connectivity index (χ4v) is 1.22. The predicted octanol–water partition coefficient (Wildman–Crippen LogP) is -0.0405. The van der Waals surface area contributed by atoms with Gasteiger partial charge in [0.05, 0.1) is 11.8 Å². The lowest BCUT2D eigenvalue weighted by Crippen LogP contribution is -2.26. The number of guanidine groups is 2.